The fourth-order valence-electron chi connectivity index (χ4n) is 5.19. The third-order valence-electron chi connectivity index (χ3n) is 7.55. The first-order chi connectivity index (χ1) is 22.4. The minimum atomic E-state index is -4.59. The van der Waals surface area contributed by atoms with E-state index in [9.17, 15) is 31.2 Å². The molecule has 1 N–H and O–H groups in total. The van der Waals surface area contributed by atoms with Gasteiger partial charge in [0, 0.05) is 30.7 Å². The number of anilines is 2. The molecule has 3 aliphatic rings. The third kappa shape index (κ3) is 5.92. The van der Waals surface area contributed by atoms with E-state index >= 15 is 0 Å². The van der Waals surface area contributed by atoms with Crippen LogP contribution in [-0.4, -0.2) is 61.3 Å². The number of hydrogen-bond acceptors (Lipinski definition) is 11. The lowest BCUT2D eigenvalue weighted by molar-refractivity contribution is -0.119. The lowest BCUT2D eigenvalue weighted by atomic mass is 9.90. The van der Waals surface area contributed by atoms with Gasteiger partial charge in [-0.15, -0.1) is 4.40 Å². The Hall–Kier alpha value is -5.22. The monoisotopic (exact) mass is 676 g/mol. The maximum absolute atomic E-state index is 13.8. The minimum Gasteiger partial charge on any atom is -0.444 e. The van der Waals surface area contributed by atoms with Crippen molar-refractivity contribution >= 4 is 60.2 Å². The Balaban J connectivity index is 1.30. The van der Waals surface area contributed by atoms with Crippen LogP contribution in [0, 0.1) is 11.8 Å². The molecule has 3 aromatic rings. The molecule has 47 heavy (non-hydrogen) atoms. The van der Waals surface area contributed by atoms with Crippen molar-refractivity contribution in [3.05, 3.63) is 96.0 Å². The number of rotatable bonds is 7. The largest absolute Gasteiger partial charge is 0.444 e. The molecule has 14 nitrogen and oxygen atoms in total. The number of amidine groups is 1. The second-order valence-corrected chi connectivity index (χ2v) is 14.5. The van der Waals surface area contributed by atoms with Crippen LogP contribution in [-0.2, 0) is 36.2 Å². The van der Waals surface area contributed by atoms with Gasteiger partial charge in [0.15, 0.2) is 16.7 Å². The van der Waals surface area contributed by atoms with Gasteiger partial charge in [0.25, 0.3) is 20.0 Å². The van der Waals surface area contributed by atoms with Crippen LogP contribution < -0.4 is 10.2 Å². The van der Waals surface area contributed by atoms with Gasteiger partial charge in [-0.2, -0.15) is 21.1 Å². The Morgan fingerprint density at radius 3 is 2.53 bits per heavy atom. The van der Waals surface area contributed by atoms with Crippen LogP contribution >= 0.6 is 0 Å². The van der Waals surface area contributed by atoms with Gasteiger partial charge < -0.3 is 10.1 Å². The van der Waals surface area contributed by atoms with Gasteiger partial charge in [-0.05, 0) is 42.2 Å². The Morgan fingerprint density at radius 2 is 1.79 bits per heavy atom. The van der Waals surface area contributed by atoms with Crippen LogP contribution in [0.4, 0.5) is 16.3 Å². The van der Waals surface area contributed by atoms with E-state index in [1.165, 1.54) is 29.3 Å². The highest BCUT2D eigenvalue weighted by atomic mass is 32.2. The number of pyridine rings is 1. The fraction of sp³-hybridized carbons (Fsp3) is 0.226. The highest BCUT2D eigenvalue weighted by Crippen LogP contribution is 2.35. The van der Waals surface area contributed by atoms with E-state index in [1.54, 1.807) is 36.4 Å². The molecule has 0 radical (unpaired) electrons. The molecule has 6 rings (SSSR count). The average molecular weight is 677 g/mol. The summed E-state index contributed by atoms with van der Waals surface area (Å²) in [5.74, 6) is -3.04. The highest BCUT2D eigenvalue weighted by Gasteiger charge is 2.45. The molecule has 0 saturated carbocycles. The topological polar surface area (TPSA) is 185 Å². The quantitative estimate of drug-likeness (QED) is 0.362. The minimum absolute atomic E-state index is 0.0766. The summed E-state index contributed by atoms with van der Waals surface area (Å²) in [7, 11) is -9.03. The number of hydrogen-bond donors (Lipinski definition) is 1. The summed E-state index contributed by atoms with van der Waals surface area (Å²) >= 11 is 0. The number of carbonyl (C=O) groups excluding carboxylic acids is 3. The van der Waals surface area contributed by atoms with Crippen molar-refractivity contribution in [1.82, 2.24) is 9.29 Å². The van der Waals surface area contributed by atoms with Crippen molar-refractivity contribution in [3.63, 3.8) is 0 Å². The molecule has 242 valence electrons. The van der Waals surface area contributed by atoms with Gasteiger partial charge in [-0.3, -0.25) is 14.5 Å². The number of nitrogens with one attached hydrogen (secondary N) is 1. The summed E-state index contributed by atoms with van der Waals surface area (Å²) in [5, 5.41) is 2.23. The molecule has 0 saturated heterocycles. The summed E-state index contributed by atoms with van der Waals surface area (Å²) < 4.78 is 63.0. The Bertz CT molecular complexity index is 2110. The first-order valence-electron chi connectivity index (χ1n) is 14.4. The van der Waals surface area contributed by atoms with Crippen molar-refractivity contribution in [2.75, 3.05) is 16.8 Å². The maximum atomic E-state index is 13.8. The van der Waals surface area contributed by atoms with Crippen molar-refractivity contribution in [1.29, 1.82) is 0 Å². The number of Topliss-reactive ketones (excluding diaryl/α,β-unsaturated/α-hetero) is 1. The Labute approximate surface area is 270 Å². The second kappa shape index (κ2) is 12.2. The van der Waals surface area contributed by atoms with Crippen molar-refractivity contribution in [3.8, 4) is 0 Å². The lowest BCUT2D eigenvalue weighted by Gasteiger charge is -2.34. The number of aliphatic imine (C=N–C) groups is 1. The lowest BCUT2D eigenvalue weighted by Crippen LogP contribution is -2.51. The number of benzene rings is 2. The number of aromatic nitrogens is 1. The summed E-state index contributed by atoms with van der Waals surface area (Å²) in [6.45, 7) is 4.01. The molecule has 1 atom stereocenters. The third-order valence-corrected chi connectivity index (χ3v) is 10.5. The van der Waals surface area contributed by atoms with Gasteiger partial charge in [0.2, 0.25) is 5.91 Å². The van der Waals surface area contributed by atoms with E-state index < -0.39 is 54.6 Å². The number of ether oxygens (including phenoxy) is 1. The second-order valence-electron chi connectivity index (χ2n) is 11.2. The maximum Gasteiger partial charge on any atom is 0.428 e. The zero-order valence-corrected chi connectivity index (χ0v) is 26.7. The fourth-order valence-corrected chi connectivity index (χ4v) is 7.60. The molecule has 0 aliphatic carbocycles. The van der Waals surface area contributed by atoms with Crippen LogP contribution in [0.3, 0.4) is 0 Å². The van der Waals surface area contributed by atoms with E-state index in [0.717, 1.165) is 18.5 Å². The van der Waals surface area contributed by atoms with Gasteiger partial charge in [-0.1, -0.05) is 50.2 Å². The number of amides is 2. The van der Waals surface area contributed by atoms with Crippen molar-refractivity contribution < 1.29 is 36.0 Å². The van der Waals surface area contributed by atoms with Crippen LogP contribution in [0.25, 0.3) is 0 Å². The predicted molar refractivity (Wildman–Crippen MR) is 172 cm³/mol. The SMILES string of the molecule is CC(C)CCN1C(=O)C(C2=NS(=O)(=O)c3ccc(C4=NC=CN(C(=O)OCc5ccccc5)S4(=O)=O)cc3N2)C(=O)c2cccnc21. The highest BCUT2D eigenvalue weighted by molar-refractivity contribution is 8.05. The van der Waals surface area contributed by atoms with Crippen LogP contribution in [0.2, 0.25) is 0 Å². The van der Waals surface area contributed by atoms with Gasteiger partial charge in [0.05, 0.1) is 11.3 Å². The van der Waals surface area contributed by atoms with Gasteiger partial charge in [0.1, 0.15) is 23.2 Å². The number of nitrogens with zero attached hydrogens (tertiary/aromatic N) is 5. The molecule has 0 spiro atoms. The van der Waals surface area contributed by atoms with Gasteiger partial charge >= 0.3 is 6.09 Å². The van der Waals surface area contributed by atoms with Crippen LogP contribution in [0.1, 0.15) is 41.8 Å². The van der Waals surface area contributed by atoms with E-state index in [2.05, 4.69) is 19.7 Å². The van der Waals surface area contributed by atoms with E-state index in [1.807, 2.05) is 13.8 Å². The van der Waals surface area contributed by atoms with E-state index in [0.29, 0.717) is 16.3 Å². The number of ketones is 1. The Morgan fingerprint density at radius 1 is 1.02 bits per heavy atom. The molecule has 3 aliphatic heterocycles. The molecule has 1 unspecified atom stereocenters. The number of sulfonamides is 2. The first kappa shape index (κ1) is 31.7. The summed E-state index contributed by atoms with van der Waals surface area (Å²) in [6, 6.07) is 15.2. The van der Waals surface area contributed by atoms with Gasteiger partial charge in [-0.25, -0.2) is 14.8 Å². The van der Waals surface area contributed by atoms with Crippen molar-refractivity contribution in [2.24, 2.45) is 21.2 Å². The standard InChI is InChI=1S/C31H28N6O8S2/c1-19(2)12-15-36-28-22(9-6-13-32-28)26(38)25(30(36)39)27-34-23-17-21(10-11-24(23)46(41,42)35-27)29-33-14-16-37(47(29,43)44)31(40)45-18-20-7-4-3-5-8-20/h3-11,13-14,16-17,19,25H,12,15,18H2,1-2H3,(H,34,35). The molecular formula is C31H28N6O8S2. The van der Waals surface area contributed by atoms with E-state index in [4.69, 9.17) is 4.74 Å². The molecule has 4 heterocycles. The summed E-state index contributed by atoms with van der Waals surface area (Å²) in [6.07, 6.45) is 2.91. The number of carbonyl (C=O) groups is 3. The van der Waals surface area contributed by atoms with Crippen molar-refractivity contribution in [2.45, 2.75) is 31.8 Å². The van der Waals surface area contributed by atoms with E-state index in [-0.39, 0.29) is 46.6 Å². The zero-order chi connectivity index (χ0) is 33.5. The number of fused-ring (bicyclic) bond motifs is 2. The molecular weight excluding hydrogens is 649 g/mol. The molecule has 0 bridgehead atoms. The summed E-state index contributed by atoms with van der Waals surface area (Å²) in [5.41, 5.74) is 0.568. The molecule has 2 amide bonds. The Kier molecular flexibility index (Phi) is 8.23. The van der Waals surface area contributed by atoms with Crippen LogP contribution in [0.15, 0.2) is 93.5 Å². The smallest absolute Gasteiger partial charge is 0.428 e. The zero-order valence-electron chi connectivity index (χ0n) is 25.1. The molecule has 0 fully saturated rings. The summed E-state index contributed by atoms with van der Waals surface area (Å²) in [4.78, 5) is 49.4. The molecule has 2 aromatic carbocycles. The average Bonchev–Trinajstić information content (AvgIpc) is 3.03. The normalized spacial score (nSPS) is 19.3. The molecule has 1 aromatic heterocycles. The first-order valence-corrected chi connectivity index (χ1v) is 17.3. The molecule has 16 heteroatoms. The predicted octanol–water partition coefficient (Wildman–Crippen LogP) is 3.69. The van der Waals surface area contributed by atoms with Crippen LogP contribution in [0.5, 0.6) is 0 Å².